The fraction of sp³-hybridized carbons (Fsp3) is 0.385. The lowest BCUT2D eigenvalue weighted by Gasteiger charge is -2.31. The lowest BCUT2D eigenvalue weighted by molar-refractivity contribution is 0.0653. The first-order valence-electron chi connectivity index (χ1n) is 12.1. The van der Waals surface area contributed by atoms with Gasteiger partial charge in [0.15, 0.2) is 5.78 Å². The second-order valence-corrected chi connectivity index (χ2v) is 9.45. The van der Waals surface area contributed by atoms with Crippen molar-refractivity contribution in [1.29, 1.82) is 0 Å². The van der Waals surface area contributed by atoms with Crippen LogP contribution in [0.2, 0.25) is 0 Å². The summed E-state index contributed by atoms with van der Waals surface area (Å²) in [6.07, 6.45) is 12.0. The minimum Gasteiger partial charge on any atom is -0.447 e. The molecule has 10 heteroatoms. The summed E-state index contributed by atoms with van der Waals surface area (Å²) in [4.78, 5) is 35.8. The van der Waals surface area contributed by atoms with E-state index < -0.39 is 0 Å². The van der Waals surface area contributed by atoms with Crippen molar-refractivity contribution in [3.8, 4) is 11.3 Å². The molecule has 1 saturated heterocycles. The first-order chi connectivity index (χ1) is 17.4. The third-order valence-electron chi connectivity index (χ3n) is 6.36. The molecule has 1 aliphatic rings. The van der Waals surface area contributed by atoms with E-state index in [1.165, 1.54) is 0 Å². The van der Waals surface area contributed by atoms with Crippen LogP contribution in [-0.2, 0) is 18.2 Å². The molecule has 0 saturated carbocycles. The van der Waals surface area contributed by atoms with E-state index in [-0.39, 0.29) is 30.4 Å². The summed E-state index contributed by atoms with van der Waals surface area (Å²) in [6, 6.07) is 4.07. The Labute approximate surface area is 208 Å². The van der Waals surface area contributed by atoms with E-state index >= 15 is 0 Å². The van der Waals surface area contributed by atoms with E-state index in [0.717, 1.165) is 34.9 Å². The third kappa shape index (κ3) is 5.12. The lowest BCUT2D eigenvalue weighted by Crippen LogP contribution is -2.40. The molecule has 0 unspecified atom stereocenters. The highest BCUT2D eigenvalue weighted by molar-refractivity contribution is 5.97. The molecule has 0 N–H and O–H groups in total. The van der Waals surface area contributed by atoms with Crippen molar-refractivity contribution < 1.29 is 14.3 Å². The zero-order valence-electron chi connectivity index (χ0n) is 20.7. The van der Waals surface area contributed by atoms with Crippen LogP contribution in [0.4, 0.5) is 4.79 Å². The van der Waals surface area contributed by atoms with Crippen molar-refractivity contribution in [2.45, 2.75) is 45.3 Å². The molecule has 36 heavy (non-hydrogen) atoms. The molecule has 0 radical (unpaired) electrons. The van der Waals surface area contributed by atoms with E-state index in [2.05, 4.69) is 20.2 Å². The molecule has 0 bridgehead atoms. The first-order valence-corrected chi connectivity index (χ1v) is 12.1. The fourth-order valence-corrected chi connectivity index (χ4v) is 4.43. The molecule has 0 spiro atoms. The highest BCUT2D eigenvalue weighted by Crippen LogP contribution is 2.24. The largest absolute Gasteiger partial charge is 0.447 e. The Kier molecular flexibility index (Phi) is 6.49. The Morgan fingerprint density at radius 3 is 2.50 bits per heavy atom. The number of Topliss-reactive ketones (excluding diaryl/α,β-unsaturated/α-hetero) is 1. The van der Waals surface area contributed by atoms with Gasteiger partial charge in [-0.15, -0.1) is 0 Å². The quantitative estimate of drug-likeness (QED) is 0.380. The molecular formula is C26H29N7O3. The van der Waals surface area contributed by atoms with Gasteiger partial charge in [0.05, 0.1) is 42.2 Å². The molecule has 1 fully saturated rings. The van der Waals surface area contributed by atoms with Crippen LogP contribution in [0.1, 0.15) is 48.8 Å². The van der Waals surface area contributed by atoms with Gasteiger partial charge in [-0.2, -0.15) is 10.2 Å². The number of aromatic nitrogens is 6. The number of piperidine rings is 1. The number of aryl methyl sites for hydroxylation is 1. The van der Waals surface area contributed by atoms with E-state index in [0.29, 0.717) is 24.3 Å². The standard InChI is InChI=1S/C26H29N7O3/c1-17(2)36-26(35)32-6-4-23(5-7-32)33-16-21(14-30-33)25(34)10-22-8-18-9-24(20-13-29-31(3)15-20)28-12-19(18)11-27-22/h8-9,11-17,23H,4-7,10H2,1-3H3. The molecule has 1 amide bonds. The molecule has 5 heterocycles. The van der Waals surface area contributed by atoms with Crippen molar-refractivity contribution in [2.24, 2.45) is 7.05 Å². The zero-order valence-corrected chi connectivity index (χ0v) is 20.7. The van der Waals surface area contributed by atoms with Gasteiger partial charge in [-0.05, 0) is 44.2 Å². The molecule has 0 atom stereocenters. The maximum absolute atomic E-state index is 13.0. The summed E-state index contributed by atoms with van der Waals surface area (Å²) in [6.45, 7) is 4.90. The minimum absolute atomic E-state index is 0.0346. The number of carbonyl (C=O) groups excluding carboxylic acids is 2. The van der Waals surface area contributed by atoms with Crippen molar-refractivity contribution in [1.82, 2.24) is 34.4 Å². The fourth-order valence-electron chi connectivity index (χ4n) is 4.43. The molecule has 5 rings (SSSR count). The van der Waals surface area contributed by atoms with Crippen molar-refractivity contribution in [3.05, 3.63) is 60.6 Å². The van der Waals surface area contributed by atoms with E-state index in [9.17, 15) is 9.59 Å². The zero-order chi connectivity index (χ0) is 25.2. The number of ether oxygens (including phenoxy) is 1. The SMILES string of the molecule is CC(C)OC(=O)N1CCC(n2cc(C(=O)Cc3cc4cc(-c5cnn(C)c5)ncc4cn3)cn2)CC1. The predicted octanol–water partition coefficient (Wildman–Crippen LogP) is 3.83. The molecule has 186 valence electrons. The Hall–Kier alpha value is -4.08. The second-order valence-electron chi connectivity index (χ2n) is 9.45. The number of nitrogens with zero attached hydrogens (tertiary/aromatic N) is 7. The normalized spacial score (nSPS) is 14.5. The Bertz CT molecular complexity index is 1400. The van der Waals surface area contributed by atoms with Gasteiger partial charge in [-0.1, -0.05) is 0 Å². The molecule has 0 aliphatic carbocycles. The minimum atomic E-state index is -0.272. The molecule has 0 aromatic carbocycles. The smallest absolute Gasteiger partial charge is 0.410 e. The lowest BCUT2D eigenvalue weighted by atomic mass is 10.1. The van der Waals surface area contributed by atoms with Gasteiger partial charge < -0.3 is 9.64 Å². The molecule has 1 aliphatic heterocycles. The monoisotopic (exact) mass is 487 g/mol. The summed E-state index contributed by atoms with van der Waals surface area (Å²) >= 11 is 0. The summed E-state index contributed by atoms with van der Waals surface area (Å²) in [5.74, 6) is -0.0346. The van der Waals surface area contributed by atoms with Crippen LogP contribution >= 0.6 is 0 Å². The van der Waals surface area contributed by atoms with Crippen LogP contribution in [0.3, 0.4) is 0 Å². The van der Waals surface area contributed by atoms with E-state index in [1.54, 1.807) is 40.6 Å². The predicted molar refractivity (Wildman–Crippen MR) is 133 cm³/mol. The number of ketones is 1. The van der Waals surface area contributed by atoms with Gasteiger partial charge in [-0.3, -0.25) is 24.1 Å². The van der Waals surface area contributed by atoms with Crippen LogP contribution < -0.4 is 0 Å². The average molecular weight is 488 g/mol. The van der Waals surface area contributed by atoms with Crippen LogP contribution in [0.15, 0.2) is 49.3 Å². The number of hydrogen-bond donors (Lipinski definition) is 0. The van der Waals surface area contributed by atoms with Crippen LogP contribution in [0, 0.1) is 0 Å². The topological polar surface area (TPSA) is 108 Å². The molecule has 4 aromatic heterocycles. The summed E-state index contributed by atoms with van der Waals surface area (Å²) in [7, 11) is 1.87. The maximum Gasteiger partial charge on any atom is 0.410 e. The molecule has 10 nitrogen and oxygen atoms in total. The molecule has 4 aromatic rings. The number of pyridine rings is 2. The summed E-state index contributed by atoms with van der Waals surface area (Å²) in [5, 5.41) is 10.5. The van der Waals surface area contributed by atoms with Crippen LogP contribution in [0.5, 0.6) is 0 Å². The van der Waals surface area contributed by atoms with Gasteiger partial charge in [0.2, 0.25) is 0 Å². The highest BCUT2D eigenvalue weighted by Gasteiger charge is 2.26. The highest BCUT2D eigenvalue weighted by atomic mass is 16.6. The van der Waals surface area contributed by atoms with Crippen LogP contribution in [-0.4, -0.2) is 65.5 Å². The van der Waals surface area contributed by atoms with Gasteiger partial charge in [0.1, 0.15) is 0 Å². The third-order valence-corrected chi connectivity index (χ3v) is 6.36. The number of fused-ring (bicyclic) bond motifs is 1. The summed E-state index contributed by atoms with van der Waals surface area (Å²) < 4.78 is 8.87. The summed E-state index contributed by atoms with van der Waals surface area (Å²) in [5.41, 5.74) is 3.01. The van der Waals surface area contributed by atoms with Gasteiger partial charge in [-0.25, -0.2) is 4.79 Å². The Balaban J connectivity index is 1.24. The molecular weight excluding hydrogens is 458 g/mol. The first kappa shape index (κ1) is 23.7. The van der Waals surface area contributed by atoms with Gasteiger partial charge >= 0.3 is 6.09 Å². The number of rotatable bonds is 6. The average Bonchev–Trinajstić information content (AvgIpc) is 3.53. The number of carbonyl (C=O) groups is 2. The van der Waals surface area contributed by atoms with Crippen molar-refractivity contribution in [2.75, 3.05) is 13.1 Å². The number of amides is 1. The van der Waals surface area contributed by atoms with Gasteiger partial charge in [0, 0.05) is 61.6 Å². The maximum atomic E-state index is 13.0. The van der Waals surface area contributed by atoms with E-state index in [4.69, 9.17) is 4.74 Å². The van der Waals surface area contributed by atoms with Crippen LogP contribution in [0.25, 0.3) is 22.0 Å². The Morgan fingerprint density at radius 1 is 1.00 bits per heavy atom. The van der Waals surface area contributed by atoms with Crippen molar-refractivity contribution >= 4 is 22.6 Å². The Morgan fingerprint density at radius 2 is 1.78 bits per heavy atom. The number of hydrogen-bond acceptors (Lipinski definition) is 7. The number of likely N-dealkylation sites (tertiary alicyclic amines) is 1. The second kappa shape index (κ2) is 9.88. The van der Waals surface area contributed by atoms with E-state index in [1.807, 2.05) is 43.9 Å². The van der Waals surface area contributed by atoms with Gasteiger partial charge in [0.25, 0.3) is 0 Å². The van der Waals surface area contributed by atoms with Crippen molar-refractivity contribution in [3.63, 3.8) is 0 Å².